The predicted molar refractivity (Wildman–Crippen MR) is 136 cm³/mol. The summed E-state index contributed by atoms with van der Waals surface area (Å²) in [4.78, 5) is 7.19. The van der Waals surface area contributed by atoms with E-state index in [1.165, 1.54) is 11.1 Å². The third-order valence-corrected chi connectivity index (χ3v) is 5.56. The summed E-state index contributed by atoms with van der Waals surface area (Å²) in [6, 6.07) is 10.1. The Morgan fingerprint density at radius 3 is 2.66 bits per heavy atom. The number of rotatable bonds is 7. The molecule has 8 nitrogen and oxygen atoms in total. The van der Waals surface area contributed by atoms with Crippen LogP contribution in [0.25, 0.3) is 5.65 Å². The molecule has 0 bridgehead atoms. The molecule has 32 heavy (non-hydrogen) atoms. The lowest BCUT2D eigenvalue weighted by molar-refractivity contribution is 0.346. The number of halogens is 1. The Kier molecular flexibility index (Phi) is 8.54. The molecule has 0 saturated carbocycles. The van der Waals surface area contributed by atoms with Crippen LogP contribution in [-0.4, -0.2) is 59.3 Å². The fourth-order valence-electron chi connectivity index (χ4n) is 3.97. The summed E-state index contributed by atoms with van der Waals surface area (Å²) in [6.07, 6.45) is 4.71. The number of methoxy groups -OCH3 is 2. The van der Waals surface area contributed by atoms with E-state index in [2.05, 4.69) is 39.5 Å². The first kappa shape index (κ1) is 24.1. The summed E-state index contributed by atoms with van der Waals surface area (Å²) in [5.41, 5.74) is 3.45. The van der Waals surface area contributed by atoms with Gasteiger partial charge in [-0.05, 0) is 55.2 Å². The van der Waals surface area contributed by atoms with Gasteiger partial charge in [-0.3, -0.25) is 9.39 Å². The molecule has 0 unspecified atom stereocenters. The number of guanidine groups is 1. The Bertz CT molecular complexity index is 1070. The molecule has 3 aromatic rings. The summed E-state index contributed by atoms with van der Waals surface area (Å²) < 4.78 is 13.0. The van der Waals surface area contributed by atoms with Crippen LogP contribution in [0, 0.1) is 0 Å². The van der Waals surface area contributed by atoms with Crippen LogP contribution in [0.4, 0.5) is 0 Å². The predicted octanol–water partition coefficient (Wildman–Crippen LogP) is 3.32. The number of aliphatic imine (C=N–C) groups is 1. The molecular formula is C23H31IN6O2. The van der Waals surface area contributed by atoms with Crippen molar-refractivity contribution in [2.24, 2.45) is 4.99 Å². The van der Waals surface area contributed by atoms with Gasteiger partial charge in [0.1, 0.15) is 5.82 Å². The minimum Gasteiger partial charge on any atom is -0.493 e. The van der Waals surface area contributed by atoms with Gasteiger partial charge >= 0.3 is 0 Å². The van der Waals surface area contributed by atoms with Crippen molar-refractivity contribution in [2.75, 3.05) is 33.9 Å². The number of hydrogen-bond donors (Lipinski definition) is 1. The van der Waals surface area contributed by atoms with Crippen LogP contribution in [-0.2, 0) is 19.4 Å². The normalized spacial score (nSPS) is 13.5. The lowest BCUT2D eigenvalue weighted by Crippen LogP contribution is -2.44. The number of aromatic nitrogens is 3. The quantitative estimate of drug-likeness (QED) is 0.211. The highest BCUT2D eigenvalue weighted by Crippen LogP contribution is 2.33. The molecule has 0 fully saturated rings. The van der Waals surface area contributed by atoms with Gasteiger partial charge in [0.2, 0.25) is 0 Å². The van der Waals surface area contributed by atoms with Crippen LogP contribution in [0.15, 0.2) is 41.5 Å². The third kappa shape index (κ3) is 5.25. The molecular weight excluding hydrogens is 519 g/mol. The van der Waals surface area contributed by atoms with Crippen molar-refractivity contribution in [3.63, 3.8) is 0 Å². The minimum atomic E-state index is 0. The highest BCUT2D eigenvalue weighted by Gasteiger charge is 2.21. The SMILES string of the molecule is CCNC(=NCCCc1nnc2ccccn12)N1CCc2cc(OC)c(OC)cc2C1.I. The highest BCUT2D eigenvalue weighted by atomic mass is 127. The Labute approximate surface area is 206 Å². The summed E-state index contributed by atoms with van der Waals surface area (Å²) in [5, 5.41) is 12.0. The van der Waals surface area contributed by atoms with Crippen LogP contribution >= 0.6 is 24.0 Å². The standard InChI is InChI=1S/C23H30N6O2.HI/c1-4-24-23(25-11-7-9-22-27-26-21-8-5-6-12-29(21)22)28-13-10-17-14-19(30-2)20(31-3)15-18(17)16-28;/h5-6,8,12,14-15H,4,7,9-11,13,16H2,1-3H3,(H,24,25);1H. The number of benzene rings is 1. The minimum absolute atomic E-state index is 0. The third-order valence-electron chi connectivity index (χ3n) is 5.56. The Morgan fingerprint density at radius 1 is 1.12 bits per heavy atom. The number of fused-ring (bicyclic) bond motifs is 2. The monoisotopic (exact) mass is 550 g/mol. The van der Waals surface area contributed by atoms with Crippen molar-refractivity contribution in [2.45, 2.75) is 32.7 Å². The summed E-state index contributed by atoms with van der Waals surface area (Å²) in [7, 11) is 3.35. The van der Waals surface area contributed by atoms with E-state index in [0.717, 1.165) is 74.4 Å². The number of hydrogen-bond acceptors (Lipinski definition) is 5. The number of ether oxygens (including phenoxy) is 2. The second-order valence-electron chi connectivity index (χ2n) is 7.53. The van der Waals surface area contributed by atoms with E-state index in [-0.39, 0.29) is 24.0 Å². The van der Waals surface area contributed by atoms with Gasteiger partial charge in [0.05, 0.1) is 14.2 Å². The molecule has 1 aliphatic heterocycles. The van der Waals surface area contributed by atoms with Crippen LogP contribution in [0.2, 0.25) is 0 Å². The van der Waals surface area contributed by atoms with E-state index in [4.69, 9.17) is 14.5 Å². The lowest BCUT2D eigenvalue weighted by atomic mass is 9.99. The van der Waals surface area contributed by atoms with Gasteiger partial charge in [-0.2, -0.15) is 0 Å². The first-order chi connectivity index (χ1) is 15.2. The van der Waals surface area contributed by atoms with E-state index >= 15 is 0 Å². The first-order valence-corrected chi connectivity index (χ1v) is 10.8. The Balaban J connectivity index is 0.00000289. The lowest BCUT2D eigenvalue weighted by Gasteiger charge is -2.32. The fourth-order valence-corrected chi connectivity index (χ4v) is 3.97. The molecule has 3 heterocycles. The topological polar surface area (TPSA) is 76.3 Å². The second-order valence-corrected chi connectivity index (χ2v) is 7.53. The largest absolute Gasteiger partial charge is 0.493 e. The maximum absolute atomic E-state index is 5.49. The summed E-state index contributed by atoms with van der Waals surface area (Å²) in [5.74, 6) is 3.49. The average Bonchev–Trinajstić information content (AvgIpc) is 3.22. The first-order valence-electron chi connectivity index (χ1n) is 10.8. The van der Waals surface area contributed by atoms with Gasteiger partial charge < -0.3 is 19.7 Å². The van der Waals surface area contributed by atoms with Crippen LogP contribution in [0.3, 0.4) is 0 Å². The molecule has 0 saturated heterocycles. The molecule has 0 spiro atoms. The van der Waals surface area contributed by atoms with Gasteiger partial charge in [0.25, 0.3) is 0 Å². The number of nitrogens with zero attached hydrogens (tertiary/aromatic N) is 5. The van der Waals surface area contributed by atoms with Crippen molar-refractivity contribution in [3.05, 3.63) is 53.5 Å². The van der Waals surface area contributed by atoms with Gasteiger partial charge in [0, 0.05) is 38.8 Å². The summed E-state index contributed by atoms with van der Waals surface area (Å²) >= 11 is 0. The van der Waals surface area contributed by atoms with Gasteiger partial charge in [-0.25, -0.2) is 0 Å². The second kappa shape index (κ2) is 11.3. The Morgan fingerprint density at radius 2 is 1.91 bits per heavy atom. The smallest absolute Gasteiger partial charge is 0.194 e. The number of aryl methyl sites for hydroxylation is 1. The molecule has 0 amide bonds. The van der Waals surface area contributed by atoms with Crippen molar-refractivity contribution < 1.29 is 9.47 Å². The molecule has 1 aliphatic rings. The maximum Gasteiger partial charge on any atom is 0.194 e. The maximum atomic E-state index is 5.49. The number of pyridine rings is 1. The summed E-state index contributed by atoms with van der Waals surface area (Å²) in [6.45, 7) is 5.39. The van der Waals surface area contributed by atoms with E-state index in [1.807, 2.05) is 28.8 Å². The van der Waals surface area contributed by atoms with E-state index < -0.39 is 0 Å². The zero-order valence-electron chi connectivity index (χ0n) is 18.9. The molecule has 9 heteroatoms. The number of nitrogens with one attached hydrogen (secondary N) is 1. The van der Waals surface area contributed by atoms with Crippen molar-refractivity contribution >= 4 is 35.6 Å². The van der Waals surface area contributed by atoms with Gasteiger partial charge in [-0.1, -0.05) is 6.07 Å². The zero-order valence-corrected chi connectivity index (χ0v) is 21.2. The molecule has 0 aliphatic carbocycles. The molecule has 2 aromatic heterocycles. The average molecular weight is 550 g/mol. The zero-order chi connectivity index (χ0) is 21.6. The fraction of sp³-hybridized carbons (Fsp3) is 0.435. The molecule has 1 aromatic carbocycles. The Hall–Kier alpha value is -2.56. The van der Waals surface area contributed by atoms with E-state index in [1.54, 1.807) is 14.2 Å². The van der Waals surface area contributed by atoms with Gasteiger partial charge in [-0.15, -0.1) is 34.2 Å². The van der Waals surface area contributed by atoms with Crippen LogP contribution < -0.4 is 14.8 Å². The molecule has 0 atom stereocenters. The van der Waals surface area contributed by atoms with Crippen molar-refractivity contribution in [1.82, 2.24) is 24.8 Å². The van der Waals surface area contributed by atoms with Crippen LogP contribution in [0.1, 0.15) is 30.3 Å². The molecule has 172 valence electrons. The molecule has 4 rings (SSSR count). The van der Waals surface area contributed by atoms with E-state index in [0.29, 0.717) is 0 Å². The molecule has 0 radical (unpaired) electrons. The van der Waals surface area contributed by atoms with E-state index in [9.17, 15) is 0 Å². The van der Waals surface area contributed by atoms with Gasteiger partial charge in [0.15, 0.2) is 23.1 Å². The van der Waals surface area contributed by atoms with Crippen molar-refractivity contribution in [1.29, 1.82) is 0 Å². The molecule has 1 N–H and O–H groups in total. The van der Waals surface area contributed by atoms with Crippen LogP contribution in [0.5, 0.6) is 11.5 Å². The van der Waals surface area contributed by atoms with Crippen molar-refractivity contribution in [3.8, 4) is 11.5 Å². The highest BCUT2D eigenvalue weighted by molar-refractivity contribution is 14.0.